The van der Waals surface area contributed by atoms with E-state index in [0.29, 0.717) is 6.04 Å². The van der Waals surface area contributed by atoms with E-state index in [1.807, 2.05) is 0 Å². The molecule has 0 radical (unpaired) electrons. The van der Waals surface area contributed by atoms with Crippen LogP contribution in [-0.2, 0) is 0 Å². The van der Waals surface area contributed by atoms with Crippen molar-refractivity contribution in [2.75, 3.05) is 6.54 Å². The average molecular weight is 182 g/mol. The zero-order valence-corrected chi connectivity index (χ0v) is 8.71. The zero-order chi connectivity index (χ0) is 9.26. The molecule has 0 bridgehead atoms. The number of hydrogen-bond acceptors (Lipinski definition) is 2. The number of nitrogens with two attached hydrogens (primary N) is 1. The van der Waals surface area contributed by atoms with Crippen molar-refractivity contribution in [2.24, 2.45) is 5.73 Å². The first kappa shape index (κ1) is 9.47. The van der Waals surface area contributed by atoms with Crippen LogP contribution in [0.5, 0.6) is 0 Å². The molecule has 2 aliphatic carbocycles. The van der Waals surface area contributed by atoms with Crippen LogP contribution in [0.1, 0.15) is 45.4 Å². The molecule has 0 aliphatic heterocycles. The molecule has 2 nitrogen and oxygen atoms in total. The van der Waals surface area contributed by atoms with Crippen molar-refractivity contribution >= 4 is 0 Å². The summed E-state index contributed by atoms with van der Waals surface area (Å²) in [5.41, 5.74) is 5.83. The van der Waals surface area contributed by atoms with Gasteiger partial charge in [0.2, 0.25) is 0 Å². The summed E-state index contributed by atoms with van der Waals surface area (Å²) in [6, 6.07) is 2.28. The summed E-state index contributed by atoms with van der Waals surface area (Å²) >= 11 is 0. The third-order valence-corrected chi connectivity index (χ3v) is 3.40. The van der Waals surface area contributed by atoms with E-state index in [1.165, 1.54) is 45.1 Å². The highest BCUT2D eigenvalue weighted by atomic mass is 15.2. The standard InChI is InChI=1S/C11H22N2/c1-2-3-6-13(10-4-5-10)11-7-9(12)8-11/h9-11H,2-8,12H2,1H3. The Balaban J connectivity index is 1.76. The maximum absolute atomic E-state index is 5.83. The minimum absolute atomic E-state index is 0.507. The molecule has 0 aromatic carbocycles. The van der Waals surface area contributed by atoms with Crippen molar-refractivity contribution in [3.05, 3.63) is 0 Å². The largest absolute Gasteiger partial charge is 0.328 e. The Labute approximate surface area is 81.5 Å². The number of unbranched alkanes of at least 4 members (excludes halogenated alkanes) is 1. The highest BCUT2D eigenvalue weighted by Crippen LogP contribution is 2.35. The van der Waals surface area contributed by atoms with E-state index in [1.54, 1.807) is 0 Å². The molecular weight excluding hydrogens is 160 g/mol. The van der Waals surface area contributed by atoms with Gasteiger partial charge in [-0.25, -0.2) is 0 Å². The molecule has 2 N–H and O–H groups in total. The second-order valence-corrected chi connectivity index (χ2v) is 4.71. The fraction of sp³-hybridized carbons (Fsp3) is 1.00. The maximum atomic E-state index is 5.83. The first-order valence-corrected chi connectivity index (χ1v) is 5.82. The van der Waals surface area contributed by atoms with E-state index in [4.69, 9.17) is 5.73 Å². The van der Waals surface area contributed by atoms with Crippen LogP contribution in [0.4, 0.5) is 0 Å². The van der Waals surface area contributed by atoms with Crippen molar-refractivity contribution in [1.82, 2.24) is 4.90 Å². The first-order chi connectivity index (χ1) is 6.31. The van der Waals surface area contributed by atoms with E-state index in [0.717, 1.165) is 12.1 Å². The Kier molecular flexibility index (Phi) is 2.89. The Morgan fingerprint density at radius 2 is 1.92 bits per heavy atom. The lowest BCUT2D eigenvalue weighted by Gasteiger charge is -2.41. The van der Waals surface area contributed by atoms with Crippen molar-refractivity contribution in [3.63, 3.8) is 0 Å². The molecule has 2 fully saturated rings. The minimum Gasteiger partial charge on any atom is -0.328 e. The Morgan fingerprint density at radius 3 is 2.38 bits per heavy atom. The molecule has 2 rings (SSSR count). The summed E-state index contributed by atoms with van der Waals surface area (Å²) in [4.78, 5) is 2.73. The van der Waals surface area contributed by atoms with E-state index in [-0.39, 0.29) is 0 Å². The molecule has 0 spiro atoms. The number of nitrogens with zero attached hydrogens (tertiary/aromatic N) is 1. The van der Waals surface area contributed by atoms with Crippen molar-refractivity contribution < 1.29 is 0 Å². The Hall–Kier alpha value is -0.0800. The highest BCUT2D eigenvalue weighted by molar-refractivity contribution is 4.96. The van der Waals surface area contributed by atoms with E-state index in [2.05, 4.69) is 11.8 Å². The molecule has 0 aromatic rings. The highest BCUT2D eigenvalue weighted by Gasteiger charge is 2.38. The Morgan fingerprint density at radius 1 is 1.23 bits per heavy atom. The smallest absolute Gasteiger partial charge is 0.0128 e. The van der Waals surface area contributed by atoms with Gasteiger partial charge in [-0.3, -0.25) is 4.90 Å². The van der Waals surface area contributed by atoms with Gasteiger partial charge in [-0.2, -0.15) is 0 Å². The minimum atomic E-state index is 0.507. The summed E-state index contributed by atoms with van der Waals surface area (Å²) in [6.07, 6.45) is 8.07. The quantitative estimate of drug-likeness (QED) is 0.701. The van der Waals surface area contributed by atoms with Crippen molar-refractivity contribution in [2.45, 2.75) is 63.6 Å². The number of hydrogen-bond donors (Lipinski definition) is 1. The van der Waals surface area contributed by atoms with Crippen LogP contribution < -0.4 is 5.73 Å². The second-order valence-electron chi connectivity index (χ2n) is 4.71. The average Bonchev–Trinajstić information content (AvgIpc) is 2.85. The Bertz CT molecular complexity index is 159. The van der Waals surface area contributed by atoms with Gasteiger partial charge >= 0.3 is 0 Å². The normalized spacial score (nSPS) is 33.5. The molecule has 0 atom stereocenters. The van der Waals surface area contributed by atoms with Crippen LogP contribution >= 0.6 is 0 Å². The predicted octanol–water partition coefficient (Wildman–Crippen LogP) is 1.74. The lowest BCUT2D eigenvalue weighted by atomic mass is 9.86. The molecule has 0 heterocycles. The molecule has 76 valence electrons. The van der Waals surface area contributed by atoms with Crippen molar-refractivity contribution in [3.8, 4) is 0 Å². The van der Waals surface area contributed by atoms with E-state index >= 15 is 0 Å². The van der Waals surface area contributed by atoms with Crippen LogP contribution in [0.2, 0.25) is 0 Å². The fourth-order valence-corrected chi connectivity index (χ4v) is 2.31. The molecule has 0 saturated heterocycles. The summed E-state index contributed by atoms with van der Waals surface area (Å²) in [7, 11) is 0. The van der Waals surface area contributed by atoms with Gasteiger partial charge in [-0.15, -0.1) is 0 Å². The number of rotatable bonds is 5. The van der Waals surface area contributed by atoms with Gasteiger partial charge in [0.15, 0.2) is 0 Å². The third-order valence-electron chi connectivity index (χ3n) is 3.40. The molecule has 0 amide bonds. The summed E-state index contributed by atoms with van der Waals surface area (Å²) in [5, 5.41) is 0. The van der Waals surface area contributed by atoms with Gasteiger partial charge in [0, 0.05) is 18.1 Å². The maximum Gasteiger partial charge on any atom is 0.0128 e. The van der Waals surface area contributed by atoms with Gasteiger partial charge in [0.1, 0.15) is 0 Å². The molecule has 0 unspecified atom stereocenters. The predicted molar refractivity (Wildman–Crippen MR) is 55.6 cm³/mol. The van der Waals surface area contributed by atoms with Crippen LogP contribution in [0.25, 0.3) is 0 Å². The topological polar surface area (TPSA) is 29.3 Å². The molecule has 13 heavy (non-hydrogen) atoms. The summed E-state index contributed by atoms with van der Waals surface area (Å²) in [6.45, 7) is 3.59. The van der Waals surface area contributed by atoms with Crippen molar-refractivity contribution in [1.29, 1.82) is 0 Å². The van der Waals surface area contributed by atoms with Crippen LogP contribution in [-0.4, -0.2) is 29.6 Å². The monoisotopic (exact) mass is 182 g/mol. The summed E-state index contributed by atoms with van der Waals surface area (Å²) < 4.78 is 0. The summed E-state index contributed by atoms with van der Waals surface area (Å²) in [5.74, 6) is 0. The lowest BCUT2D eigenvalue weighted by molar-refractivity contribution is 0.101. The first-order valence-electron chi connectivity index (χ1n) is 5.82. The SMILES string of the molecule is CCCCN(C1CC1)C1CC(N)C1. The van der Waals surface area contributed by atoms with Gasteiger partial charge in [-0.1, -0.05) is 13.3 Å². The molecule has 2 aliphatic rings. The van der Waals surface area contributed by atoms with Crippen LogP contribution in [0.15, 0.2) is 0 Å². The van der Waals surface area contributed by atoms with Gasteiger partial charge in [0.25, 0.3) is 0 Å². The molecule has 0 aromatic heterocycles. The van der Waals surface area contributed by atoms with Gasteiger partial charge in [-0.05, 0) is 38.6 Å². The zero-order valence-electron chi connectivity index (χ0n) is 8.71. The van der Waals surface area contributed by atoms with Crippen LogP contribution in [0, 0.1) is 0 Å². The fourth-order valence-electron chi connectivity index (χ4n) is 2.31. The van der Waals surface area contributed by atoms with E-state index < -0.39 is 0 Å². The van der Waals surface area contributed by atoms with Crippen LogP contribution in [0.3, 0.4) is 0 Å². The molecule has 2 saturated carbocycles. The van der Waals surface area contributed by atoms with Gasteiger partial charge in [0.05, 0.1) is 0 Å². The molecular formula is C11H22N2. The molecule has 2 heteroatoms. The second kappa shape index (κ2) is 3.97. The lowest BCUT2D eigenvalue weighted by Crippen LogP contribution is -2.51. The van der Waals surface area contributed by atoms with Gasteiger partial charge < -0.3 is 5.73 Å². The third kappa shape index (κ3) is 2.23. The van der Waals surface area contributed by atoms with E-state index in [9.17, 15) is 0 Å².